The summed E-state index contributed by atoms with van der Waals surface area (Å²) in [5, 5.41) is 12.5. The van der Waals surface area contributed by atoms with Gasteiger partial charge in [-0.3, -0.25) is 0 Å². The van der Waals surface area contributed by atoms with E-state index in [1.54, 1.807) is 12.5 Å². The number of rotatable bonds is 3. The van der Waals surface area contributed by atoms with E-state index in [4.69, 9.17) is 5.26 Å². The van der Waals surface area contributed by atoms with Crippen LogP contribution in [0.2, 0.25) is 0 Å². The van der Waals surface area contributed by atoms with Gasteiger partial charge in [0.1, 0.15) is 12.1 Å². The Morgan fingerprint density at radius 1 is 1.38 bits per heavy atom. The number of aromatic nitrogens is 2. The number of nitrogens with zero attached hydrogens (tertiary/aromatic N) is 4. The van der Waals surface area contributed by atoms with Crippen molar-refractivity contribution in [2.24, 2.45) is 0 Å². The predicted octanol–water partition coefficient (Wildman–Crippen LogP) is 2.80. The molecule has 0 radical (unpaired) electrons. The van der Waals surface area contributed by atoms with Crippen LogP contribution in [0.15, 0.2) is 41.3 Å². The highest BCUT2D eigenvalue weighted by atomic mass is 79.9. The molecule has 1 N–H and O–H groups in total. The maximum Gasteiger partial charge on any atom is 0.129 e. The van der Waals surface area contributed by atoms with Crippen molar-refractivity contribution < 1.29 is 0 Å². The lowest BCUT2D eigenvalue weighted by Crippen LogP contribution is -2.26. The molecule has 21 heavy (non-hydrogen) atoms. The topological polar surface area (TPSA) is 64.8 Å². The molecule has 1 saturated heterocycles. The molecule has 2 aromatic rings. The van der Waals surface area contributed by atoms with Crippen LogP contribution in [0.1, 0.15) is 12.0 Å². The Morgan fingerprint density at radius 3 is 3.05 bits per heavy atom. The SMILES string of the molecule is N#Cc1cc(Br)cc(N2CCC(Nc3ccncn3)C2)c1. The van der Waals surface area contributed by atoms with Crippen molar-refractivity contribution in [3.05, 3.63) is 46.8 Å². The van der Waals surface area contributed by atoms with E-state index in [1.807, 2.05) is 24.3 Å². The van der Waals surface area contributed by atoms with Crippen LogP contribution in [0.25, 0.3) is 0 Å². The zero-order chi connectivity index (χ0) is 14.7. The van der Waals surface area contributed by atoms with Crippen LogP contribution in [0, 0.1) is 11.3 Å². The van der Waals surface area contributed by atoms with Crippen LogP contribution in [-0.4, -0.2) is 29.1 Å². The predicted molar refractivity (Wildman–Crippen MR) is 85.1 cm³/mol. The molecule has 1 unspecified atom stereocenters. The minimum atomic E-state index is 0.351. The van der Waals surface area contributed by atoms with Crippen LogP contribution >= 0.6 is 15.9 Å². The third kappa shape index (κ3) is 3.31. The number of anilines is 2. The Labute approximate surface area is 131 Å². The van der Waals surface area contributed by atoms with Crippen molar-refractivity contribution in [2.45, 2.75) is 12.5 Å². The first-order valence-electron chi connectivity index (χ1n) is 6.73. The number of benzene rings is 1. The molecule has 5 nitrogen and oxygen atoms in total. The first-order valence-corrected chi connectivity index (χ1v) is 7.52. The van der Waals surface area contributed by atoms with E-state index in [1.165, 1.54) is 0 Å². The summed E-state index contributed by atoms with van der Waals surface area (Å²) in [7, 11) is 0. The van der Waals surface area contributed by atoms with Crippen molar-refractivity contribution in [2.75, 3.05) is 23.3 Å². The summed E-state index contributed by atoms with van der Waals surface area (Å²) >= 11 is 3.46. The van der Waals surface area contributed by atoms with Gasteiger partial charge in [-0.15, -0.1) is 0 Å². The zero-order valence-corrected chi connectivity index (χ0v) is 12.9. The second kappa shape index (κ2) is 6.10. The minimum Gasteiger partial charge on any atom is -0.369 e. The van der Waals surface area contributed by atoms with Gasteiger partial charge in [-0.2, -0.15) is 5.26 Å². The standard InChI is InChI=1S/C15H14BrN5/c16-12-5-11(8-17)6-14(7-12)21-4-2-13(9-21)20-15-1-3-18-10-19-15/h1,3,5-7,10,13H,2,4,9H2,(H,18,19,20). The van der Waals surface area contributed by atoms with Crippen LogP contribution in [0.3, 0.4) is 0 Å². The normalized spacial score (nSPS) is 17.5. The molecule has 0 bridgehead atoms. The van der Waals surface area contributed by atoms with Crippen molar-refractivity contribution in [3.8, 4) is 6.07 Å². The van der Waals surface area contributed by atoms with E-state index >= 15 is 0 Å². The lowest BCUT2D eigenvalue weighted by atomic mass is 10.2. The average molecular weight is 344 g/mol. The van der Waals surface area contributed by atoms with Crippen molar-refractivity contribution >= 4 is 27.4 Å². The van der Waals surface area contributed by atoms with Crippen LogP contribution in [0.5, 0.6) is 0 Å². The Kier molecular flexibility index (Phi) is 4.02. The lowest BCUT2D eigenvalue weighted by molar-refractivity contribution is 0.799. The van der Waals surface area contributed by atoms with Gasteiger partial charge >= 0.3 is 0 Å². The van der Waals surface area contributed by atoms with Gasteiger partial charge in [-0.05, 0) is 30.7 Å². The number of hydrogen-bond donors (Lipinski definition) is 1. The van der Waals surface area contributed by atoms with Crippen molar-refractivity contribution in [1.82, 2.24) is 9.97 Å². The molecule has 0 saturated carbocycles. The molecule has 1 aliphatic rings. The second-order valence-electron chi connectivity index (χ2n) is 4.98. The Morgan fingerprint density at radius 2 is 2.29 bits per heavy atom. The number of halogens is 1. The van der Waals surface area contributed by atoms with Crippen LogP contribution in [0.4, 0.5) is 11.5 Å². The van der Waals surface area contributed by atoms with Crippen molar-refractivity contribution in [1.29, 1.82) is 5.26 Å². The Hall–Kier alpha value is -2.13. The van der Waals surface area contributed by atoms with Gasteiger partial charge in [0.15, 0.2) is 0 Å². The number of nitrogens with one attached hydrogen (secondary N) is 1. The lowest BCUT2D eigenvalue weighted by Gasteiger charge is -2.19. The summed E-state index contributed by atoms with van der Waals surface area (Å²) in [5.41, 5.74) is 1.75. The minimum absolute atomic E-state index is 0.351. The van der Waals surface area contributed by atoms with E-state index in [-0.39, 0.29) is 0 Å². The molecule has 1 aliphatic heterocycles. The highest BCUT2D eigenvalue weighted by molar-refractivity contribution is 9.10. The molecule has 0 amide bonds. The quantitative estimate of drug-likeness (QED) is 0.928. The first-order chi connectivity index (χ1) is 10.2. The molecule has 106 valence electrons. The monoisotopic (exact) mass is 343 g/mol. The third-order valence-corrected chi connectivity index (χ3v) is 3.96. The summed E-state index contributed by atoms with van der Waals surface area (Å²) in [6.45, 7) is 1.86. The van der Waals surface area contributed by atoms with E-state index in [2.05, 4.69) is 42.2 Å². The fourth-order valence-electron chi connectivity index (χ4n) is 2.52. The zero-order valence-electron chi connectivity index (χ0n) is 11.3. The van der Waals surface area contributed by atoms with Gasteiger partial charge < -0.3 is 10.2 Å². The number of nitriles is 1. The molecular formula is C15H14BrN5. The highest BCUT2D eigenvalue weighted by Crippen LogP contribution is 2.26. The molecule has 3 rings (SSSR count). The fourth-order valence-corrected chi connectivity index (χ4v) is 3.00. The molecule has 1 fully saturated rings. The summed E-state index contributed by atoms with van der Waals surface area (Å²) in [6.07, 6.45) is 4.32. The van der Waals surface area contributed by atoms with Crippen LogP contribution in [-0.2, 0) is 0 Å². The molecule has 1 atom stereocenters. The summed E-state index contributed by atoms with van der Waals surface area (Å²) in [6, 6.07) is 10.2. The van der Waals surface area contributed by atoms with Gasteiger partial charge in [0.25, 0.3) is 0 Å². The molecule has 2 heterocycles. The summed E-state index contributed by atoms with van der Waals surface area (Å²) in [5.74, 6) is 0.851. The fraction of sp³-hybridized carbons (Fsp3) is 0.267. The van der Waals surface area contributed by atoms with E-state index in [9.17, 15) is 0 Å². The molecular weight excluding hydrogens is 330 g/mol. The summed E-state index contributed by atoms with van der Waals surface area (Å²) in [4.78, 5) is 10.4. The maximum absolute atomic E-state index is 9.06. The van der Waals surface area contributed by atoms with E-state index < -0.39 is 0 Å². The Bertz CT molecular complexity index is 668. The van der Waals surface area contributed by atoms with Crippen LogP contribution < -0.4 is 10.2 Å². The molecule has 6 heteroatoms. The Balaban J connectivity index is 1.70. The van der Waals surface area contributed by atoms with Gasteiger partial charge in [-0.25, -0.2) is 9.97 Å². The smallest absolute Gasteiger partial charge is 0.129 e. The molecule has 1 aromatic carbocycles. The van der Waals surface area contributed by atoms with Gasteiger partial charge in [0, 0.05) is 35.5 Å². The second-order valence-corrected chi connectivity index (χ2v) is 5.90. The average Bonchev–Trinajstić information content (AvgIpc) is 2.96. The summed E-state index contributed by atoms with van der Waals surface area (Å²) < 4.78 is 0.934. The van der Waals surface area contributed by atoms with Gasteiger partial charge in [0.2, 0.25) is 0 Å². The largest absolute Gasteiger partial charge is 0.369 e. The third-order valence-electron chi connectivity index (χ3n) is 3.50. The van der Waals surface area contributed by atoms with Gasteiger partial charge in [-0.1, -0.05) is 15.9 Å². The maximum atomic E-state index is 9.06. The molecule has 0 aliphatic carbocycles. The first kappa shape index (κ1) is 13.8. The number of hydrogen-bond acceptors (Lipinski definition) is 5. The highest BCUT2D eigenvalue weighted by Gasteiger charge is 2.23. The van der Waals surface area contributed by atoms with E-state index in [0.717, 1.165) is 35.5 Å². The molecule has 0 spiro atoms. The van der Waals surface area contributed by atoms with E-state index in [0.29, 0.717) is 11.6 Å². The van der Waals surface area contributed by atoms with Gasteiger partial charge in [0.05, 0.1) is 11.6 Å². The molecule has 1 aromatic heterocycles. The van der Waals surface area contributed by atoms with Crippen molar-refractivity contribution in [3.63, 3.8) is 0 Å².